The average molecular weight is 531 g/mol. The second kappa shape index (κ2) is 22.7. The van der Waals surface area contributed by atoms with E-state index in [-0.39, 0.29) is 12.1 Å². The topological polar surface area (TPSA) is 38.8 Å². The van der Waals surface area contributed by atoms with Crippen LogP contribution in [0.1, 0.15) is 174 Å². The first-order valence-electron chi connectivity index (χ1n) is 16.9. The molecule has 38 heavy (non-hydrogen) atoms. The van der Waals surface area contributed by atoms with E-state index in [1.807, 2.05) is 13.0 Å². The molecule has 2 heterocycles. The molecule has 0 N–H and O–H groups in total. The Bertz CT molecular complexity index is 637. The summed E-state index contributed by atoms with van der Waals surface area (Å²) in [6.45, 7) is 4.22. The zero-order valence-corrected chi connectivity index (χ0v) is 25.4. The number of rotatable bonds is 27. The molecule has 3 unspecified atom stereocenters. The molecule has 1 saturated heterocycles. The van der Waals surface area contributed by atoms with Gasteiger partial charge in [0.15, 0.2) is 0 Å². The maximum absolute atomic E-state index is 11.6. The number of hydrogen-bond donors (Lipinski definition) is 0. The van der Waals surface area contributed by atoms with E-state index in [2.05, 4.69) is 19.1 Å². The second-order valence-electron chi connectivity index (χ2n) is 12.1. The Kier molecular flexibility index (Phi) is 19.8. The maximum Gasteiger partial charge on any atom is 0.334 e. The molecule has 2 aliphatic heterocycles. The number of esters is 1. The lowest BCUT2D eigenvalue weighted by atomic mass is 10.0. The van der Waals surface area contributed by atoms with Gasteiger partial charge in [0.2, 0.25) is 0 Å². The molecule has 1 fully saturated rings. The molecule has 0 aliphatic carbocycles. The minimum atomic E-state index is -0.0940. The van der Waals surface area contributed by atoms with Crippen LogP contribution in [0.25, 0.3) is 0 Å². The van der Waals surface area contributed by atoms with Crippen LogP contribution in [0.2, 0.25) is 0 Å². The molecular weight excluding hydrogens is 468 g/mol. The minimum Gasteiger partial charge on any atom is -0.455 e. The highest BCUT2D eigenvalue weighted by atomic mass is 16.6. The van der Waals surface area contributed by atoms with Crippen LogP contribution in [0.15, 0.2) is 23.8 Å². The maximum atomic E-state index is 11.6. The van der Waals surface area contributed by atoms with E-state index in [1.54, 1.807) is 0 Å². The van der Waals surface area contributed by atoms with E-state index >= 15 is 0 Å². The standard InChI is InChI=1S/C35H62O3/c1-3-4-5-6-7-8-9-10-11-12-16-19-22-25-28-33-34(38-33)29-26-23-20-17-14-13-15-18-21-24-27-32-30-31(2)37-35(32)36/h19,22,30-31,33-34H,3-18,20-21,23-29H2,1-2H3/b22-19+. The van der Waals surface area contributed by atoms with Crippen LogP contribution in [-0.4, -0.2) is 24.3 Å². The van der Waals surface area contributed by atoms with Gasteiger partial charge in [-0.2, -0.15) is 0 Å². The lowest BCUT2D eigenvalue weighted by molar-refractivity contribution is -0.139. The van der Waals surface area contributed by atoms with Crippen molar-refractivity contribution < 1.29 is 14.3 Å². The fourth-order valence-corrected chi connectivity index (χ4v) is 5.82. The third-order valence-corrected chi connectivity index (χ3v) is 8.37. The highest BCUT2D eigenvalue weighted by molar-refractivity contribution is 5.90. The van der Waals surface area contributed by atoms with Gasteiger partial charge in [-0.05, 0) is 57.9 Å². The summed E-state index contributed by atoms with van der Waals surface area (Å²) in [5.41, 5.74) is 0.895. The molecule has 0 radical (unpaired) electrons. The Morgan fingerprint density at radius 3 is 1.71 bits per heavy atom. The fourth-order valence-electron chi connectivity index (χ4n) is 5.82. The van der Waals surface area contributed by atoms with Crippen LogP contribution in [0.4, 0.5) is 0 Å². The molecule has 3 atom stereocenters. The quantitative estimate of drug-likeness (QED) is 0.0459. The molecule has 3 nitrogen and oxygen atoms in total. The molecule has 2 aliphatic rings. The molecule has 2 rings (SSSR count). The summed E-state index contributed by atoms with van der Waals surface area (Å²) < 4.78 is 11.1. The van der Waals surface area contributed by atoms with Gasteiger partial charge in [0.05, 0.1) is 12.2 Å². The Morgan fingerprint density at radius 1 is 0.632 bits per heavy atom. The van der Waals surface area contributed by atoms with Gasteiger partial charge in [-0.1, -0.05) is 135 Å². The van der Waals surface area contributed by atoms with Crippen molar-refractivity contribution in [3.63, 3.8) is 0 Å². The van der Waals surface area contributed by atoms with Crippen molar-refractivity contribution in [2.45, 2.75) is 193 Å². The number of ether oxygens (including phenoxy) is 2. The van der Waals surface area contributed by atoms with Crippen molar-refractivity contribution in [1.82, 2.24) is 0 Å². The summed E-state index contributed by atoms with van der Waals surface area (Å²) in [6.07, 6.45) is 41.2. The highest BCUT2D eigenvalue weighted by Crippen LogP contribution is 2.31. The van der Waals surface area contributed by atoms with Crippen LogP contribution in [0.3, 0.4) is 0 Å². The van der Waals surface area contributed by atoms with Crippen molar-refractivity contribution >= 4 is 5.97 Å². The third kappa shape index (κ3) is 17.5. The number of epoxide rings is 1. The van der Waals surface area contributed by atoms with E-state index < -0.39 is 0 Å². The van der Waals surface area contributed by atoms with Gasteiger partial charge < -0.3 is 9.47 Å². The number of unbranched alkanes of at least 4 members (excludes halogenated alkanes) is 19. The molecular formula is C35H62O3. The summed E-state index contributed by atoms with van der Waals surface area (Å²) in [5, 5.41) is 0. The predicted octanol–water partition coefficient (Wildman–Crippen LogP) is 11.0. The van der Waals surface area contributed by atoms with E-state index in [4.69, 9.17) is 9.47 Å². The van der Waals surface area contributed by atoms with Gasteiger partial charge in [0.1, 0.15) is 6.10 Å². The van der Waals surface area contributed by atoms with Gasteiger partial charge in [0, 0.05) is 5.57 Å². The number of allylic oxidation sites excluding steroid dienone is 2. The first-order chi connectivity index (χ1) is 18.7. The lowest BCUT2D eigenvalue weighted by Gasteiger charge is -2.03. The van der Waals surface area contributed by atoms with E-state index in [0.717, 1.165) is 18.4 Å². The van der Waals surface area contributed by atoms with E-state index in [1.165, 1.54) is 148 Å². The predicted molar refractivity (Wildman–Crippen MR) is 163 cm³/mol. The molecule has 0 spiro atoms. The Labute approximate surface area is 236 Å². The van der Waals surface area contributed by atoms with Crippen LogP contribution >= 0.6 is 0 Å². The van der Waals surface area contributed by atoms with Crippen LogP contribution in [0, 0.1) is 0 Å². The number of hydrogen-bond acceptors (Lipinski definition) is 3. The first kappa shape index (κ1) is 33.1. The highest BCUT2D eigenvalue weighted by Gasteiger charge is 2.36. The molecule has 0 aromatic carbocycles. The normalized spacial score (nSPS) is 20.8. The summed E-state index contributed by atoms with van der Waals surface area (Å²) in [5.74, 6) is -0.0940. The van der Waals surface area contributed by atoms with Crippen LogP contribution in [-0.2, 0) is 14.3 Å². The summed E-state index contributed by atoms with van der Waals surface area (Å²) in [4.78, 5) is 11.6. The van der Waals surface area contributed by atoms with Crippen molar-refractivity contribution in [3.05, 3.63) is 23.8 Å². The summed E-state index contributed by atoms with van der Waals surface area (Å²) >= 11 is 0. The lowest BCUT2D eigenvalue weighted by Crippen LogP contribution is -2.03. The number of cyclic esters (lactones) is 1. The van der Waals surface area contributed by atoms with Gasteiger partial charge in [-0.25, -0.2) is 4.79 Å². The number of carbonyl (C=O) groups is 1. The van der Waals surface area contributed by atoms with E-state index in [9.17, 15) is 4.79 Å². The Hall–Kier alpha value is -1.09. The Morgan fingerprint density at radius 2 is 1.13 bits per heavy atom. The fraction of sp³-hybridized carbons (Fsp3) is 0.857. The third-order valence-electron chi connectivity index (χ3n) is 8.37. The molecule has 3 heteroatoms. The molecule has 0 bridgehead atoms. The molecule has 220 valence electrons. The zero-order valence-electron chi connectivity index (χ0n) is 25.4. The van der Waals surface area contributed by atoms with Gasteiger partial charge in [-0.3, -0.25) is 0 Å². The van der Waals surface area contributed by atoms with Crippen molar-refractivity contribution in [3.8, 4) is 0 Å². The molecule has 0 aromatic rings. The van der Waals surface area contributed by atoms with Crippen molar-refractivity contribution in [1.29, 1.82) is 0 Å². The molecule has 0 aromatic heterocycles. The SMILES string of the molecule is CCCCCCCCCCCC/C=C/CCC1OC1CCCCCCCCCCCCC1=CC(C)OC1=O. The minimum absolute atomic E-state index is 0.0213. The molecule has 0 saturated carbocycles. The van der Waals surface area contributed by atoms with Crippen LogP contribution < -0.4 is 0 Å². The monoisotopic (exact) mass is 530 g/mol. The van der Waals surface area contributed by atoms with Gasteiger partial charge in [0.25, 0.3) is 0 Å². The zero-order chi connectivity index (χ0) is 27.1. The van der Waals surface area contributed by atoms with Crippen molar-refractivity contribution in [2.75, 3.05) is 0 Å². The number of carbonyl (C=O) groups excluding carboxylic acids is 1. The second-order valence-corrected chi connectivity index (χ2v) is 12.1. The summed E-state index contributed by atoms with van der Waals surface area (Å²) in [6, 6.07) is 0. The van der Waals surface area contributed by atoms with Crippen molar-refractivity contribution in [2.24, 2.45) is 0 Å². The van der Waals surface area contributed by atoms with E-state index in [0.29, 0.717) is 12.2 Å². The van der Waals surface area contributed by atoms with Gasteiger partial charge >= 0.3 is 5.97 Å². The summed E-state index contributed by atoms with van der Waals surface area (Å²) in [7, 11) is 0. The smallest absolute Gasteiger partial charge is 0.334 e. The van der Waals surface area contributed by atoms with Crippen LogP contribution in [0.5, 0.6) is 0 Å². The first-order valence-corrected chi connectivity index (χ1v) is 16.9. The Balaban J connectivity index is 1.23. The average Bonchev–Trinajstić information content (AvgIpc) is 3.58. The molecule has 0 amide bonds. The largest absolute Gasteiger partial charge is 0.455 e. The van der Waals surface area contributed by atoms with Gasteiger partial charge in [-0.15, -0.1) is 0 Å².